The van der Waals surface area contributed by atoms with Crippen LogP contribution >= 0.6 is 0 Å². The van der Waals surface area contributed by atoms with Crippen molar-refractivity contribution in [2.45, 2.75) is 62.8 Å². The zero-order valence-electron chi connectivity index (χ0n) is 13.6. The van der Waals surface area contributed by atoms with Crippen LogP contribution < -0.4 is 16.0 Å². The minimum Gasteiger partial charge on any atom is -0.354 e. The van der Waals surface area contributed by atoms with E-state index in [-0.39, 0.29) is 12.1 Å². The third-order valence-electron chi connectivity index (χ3n) is 4.94. The molecular weight excluding hydrogens is 319 g/mol. The Morgan fingerprint density at radius 3 is 2.54 bits per heavy atom. The lowest BCUT2D eigenvalue weighted by Gasteiger charge is -2.38. The van der Waals surface area contributed by atoms with E-state index in [1.807, 2.05) is 4.90 Å². The lowest BCUT2D eigenvalue weighted by molar-refractivity contribution is -0.141. The Hall–Kier alpha value is -1.41. The molecule has 2 fully saturated rings. The number of nitrogens with one attached hydrogen (secondary N) is 1. The molecule has 134 valence electrons. The number of alkyl halides is 3. The summed E-state index contributed by atoms with van der Waals surface area (Å²) in [6, 6.07) is 0.819. The smallest absolute Gasteiger partial charge is 0.354 e. The Kier molecular flexibility index (Phi) is 5.24. The summed E-state index contributed by atoms with van der Waals surface area (Å²) < 4.78 is 37.7. The first-order valence-corrected chi connectivity index (χ1v) is 8.59. The monoisotopic (exact) mass is 343 g/mol. The van der Waals surface area contributed by atoms with Crippen molar-refractivity contribution in [1.82, 2.24) is 15.3 Å². The lowest BCUT2D eigenvalue weighted by atomic mass is 9.90. The molecule has 3 unspecified atom stereocenters. The quantitative estimate of drug-likeness (QED) is 0.882. The molecule has 0 radical (unpaired) electrons. The van der Waals surface area contributed by atoms with E-state index in [9.17, 15) is 13.2 Å². The van der Waals surface area contributed by atoms with Crippen molar-refractivity contribution in [2.24, 2.45) is 5.73 Å². The fourth-order valence-electron chi connectivity index (χ4n) is 3.62. The largest absolute Gasteiger partial charge is 0.434 e. The normalized spacial score (nSPS) is 28.8. The van der Waals surface area contributed by atoms with Gasteiger partial charge in [0.1, 0.15) is 5.82 Å². The van der Waals surface area contributed by atoms with Crippen molar-refractivity contribution >= 4 is 5.82 Å². The Morgan fingerprint density at radius 2 is 1.88 bits per heavy atom. The van der Waals surface area contributed by atoms with Crippen LogP contribution in [0.1, 0.15) is 44.2 Å². The molecule has 1 aliphatic carbocycles. The summed E-state index contributed by atoms with van der Waals surface area (Å²) in [5.41, 5.74) is 5.24. The van der Waals surface area contributed by atoms with Crippen LogP contribution in [0.5, 0.6) is 0 Å². The van der Waals surface area contributed by atoms with Crippen LogP contribution in [0.2, 0.25) is 0 Å². The molecule has 0 amide bonds. The highest BCUT2D eigenvalue weighted by atomic mass is 19.4. The summed E-state index contributed by atoms with van der Waals surface area (Å²) in [5.74, 6) is 0.502. The average Bonchev–Trinajstić information content (AvgIpc) is 2.57. The van der Waals surface area contributed by atoms with Gasteiger partial charge in [-0.2, -0.15) is 13.2 Å². The fraction of sp³-hybridized carbons (Fsp3) is 0.750. The van der Waals surface area contributed by atoms with Gasteiger partial charge in [0.15, 0.2) is 5.69 Å². The topological polar surface area (TPSA) is 67.1 Å². The van der Waals surface area contributed by atoms with Crippen molar-refractivity contribution in [2.75, 3.05) is 18.0 Å². The van der Waals surface area contributed by atoms with E-state index in [0.29, 0.717) is 11.9 Å². The minimum atomic E-state index is -4.45. The van der Waals surface area contributed by atoms with Gasteiger partial charge in [0, 0.05) is 31.2 Å². The lowest BCUT2D eigenvalue weighted by Crippen LogP contribution is -2.55. The summed E-state index contributed by atoms with van der Waals surface area (Å²) in [7, 11) is 0. The molecule has 1 aliphatic heterocycles. The molecule has 0 bridgehead atoms. The van der Waals surface area contributed by atoms with Crippen LogP contribution in [0.25, 0.3) is 0 Å². The Labute approximate surface area is 139 Å². The number of anilines is 1. The van der Waals surface area contributed by atoms with Crippen molar-refractivity contribution in [3.05, 3.63) is 18.1 Å². The van der Waals surface area contributed by atoms with Gasteiger partial charge in [-0.25, -0.2) is 9.97 Å². The second-order valence-corrected chi connectivity index (χ2v) is 6.76. The summed E-state index contributed by atoms with van der Waals surface area (Å²) in [6.07, 6.45) is 4.14. The predicted molar refractivity (Wildman–Crippen MR) is 85.6 cm³/mol. The van der Waals surface area contributed by atoms with Crippen LogP contribution in [0.15, 0.2) is 12.4 Å². The summed E-state index contributed by atoms with van der Waals surface area (Å²) >= 11 is 0. The van der Waals surface area contributed by atoms with Crippen molar-refractivity contribution < 1.29 is 13.2 Å². The van der Waals surface area contributed by atoms with Gasteiger partial charge in [0.05, 0.1) is 12.4 Å². The second-order valence-electron chi connectivity index (χ2n) is 6.76. The highest BCUT2D eigenvalue weighted by Gasteiger charge is 2.33. The molecule has 24 heavy (non-hydrogen) atoms. The van der Waals surface area contributed by atoms with Crippen molar-refractivity contribution in [1.29, 1.82) is 0 Å². The van der Waals surface area contributed by atoms with E-state index in [2.05, 4.69) is 15.3 Å². The van der Waals surface area contributed by atoms with Gasteiger partial charge in [0.2, 0.25) is 0 Å². The highest BCUT2D eigenvalue weighted by molar-refractivity contribution is 5.37. The average molecular weight is 343 g/mol. The van der Waals surface area contributed by atoms with Gasteiger partial charge in [-0.3, -0.25) is 0 Å². The molecule has 1 aromatic heterocycles. The van der Waals surface area contributed by atoms with Crippen LogP contribution in [-0.2, 0) is 6.18 Å². The zero-order valence-corrected chi connectivity index (χ0v) is 13.6. The van der Waals surface area contributed by atoms with Gasteiger partial charge in [-0.1, -0.05) is 12.8 Å². The van der Waals surface area contributed by atoms with Crippen LogP contribution in [0, 0.1) is 0 Å². The molecule has 1 saturated carbocycles. The summed E-state index contributed by atoms with van der Waals surface area (Å²) in [6.45, 7) is 1.51. The molecule has 0 spiro atoms. The first-order chi connectivity index (χ1) is 11.4. The Morgan fingerprint density at radius 1 is 1.08 bits per heavy atom. The summed E-state index contributed by atoms with van der Waals surface area (Å²) in [4.78, 5) is 9.47. The Bertz CT molecular complexity index is 534. The molecule has 0 aromatic carbocycles. The van der Waals surface area contributed by atoms with Gasteiger partial charge >= 0.3 is 6.18 Å². The molecule has 5 nitrogen and oxygen atoms in total. The third kappa shape index (κ3) is 4.16. The van der Waals surface area contributed by atoms with Crippen LogP contribution in [0.4, 0.5) is 19.0 Å². The maximum absolute atomic E-state index is 12.6. The molecular formula is C16H24F3N5. The van der Waals surface area contributed by atoms with Crippen molar-refractivity contribution in [3.8, 4) is 0 Å². The van der Waals surface area contributed by atoms with E-state index in [1.165, 1.54) is 19.0 Å². The van der Waals surface area contributed by atoms with E-state index in [1.54, 1.807) is 0 Å². The number of aromatic nitrogens is 2. The maximum atomic E-state index is 12.6. The van der Waals surface area contributed by atoms with Crippen molar-refractivity contribution in [3.63, 3.8) is 0 Å². The van der Waals surface area contributed by atoms with E-state index >= 15 is 0 Å². The predicted octanol–water partition coefficient (Wildman–Crippen LogP) is 2.32. The third-order valence-corrected chi connectivity index (χ3v) is 4.94. The molecule has 3 rings (SSSR count). The highest BCUT2D eigenvalue weighted by Crippen LogP contribution is 2.28. The summed E-state index contributed by atoms with van der Waals surface area (Å²) in [5, 5.41) is 3.65. The van der Waals surface area contributed by atoms with Gasteiger partial charge < -0.3 is 16.0 Å². The van der Waals surface area contributed by atoms with Crippen LogP contribution in [0.3, 0.4) is 0 Å². The van der Waals surface area contributed by atoms with E-state index < -0.39 is 11.9 Å². The Balaban J connectivity index is 1.60. The molecule has 1 aromatic rings. The zero-order chi connectivity index (χ0) is 17.2. The maximum Gasteiger partial charge on any atom is 0.434 e. The number of nitrogens with zero attached hydrogens (tertiary/aromatic N) is 3. The van der Waals surface area contributed by atoms with Gasteiger partial charge in [-0.15, -0.1) is 0 Å². The molecule has 3 N–H and O–H groups in total. The number of hydrogen-bond donors (Lipinski definition) is 2. The first kappa shape index (κ1) is 17.4. The van der Waals surface area contributed by atoms with Crippen LogP contribution in [-0.4, -0.2) is 41.2 Å². The number of rotatable bonds is 3. The minimum absolute atomic E-state index is 0.194. The van der Waals surface area contributed by atoms with Gasteiger partial charge in [-0.05, 0) is 25.7 Å². The SMILES string of the molecule is NC1CCCCC1NC1CCCN(c2cnc(C(F)(F)F)cn2)C1. The van der Waals surface area contributed by atoms with E-state index in [4.69, 9.17) is 5.73 Å². The molecule has 8 heteroatoms. The molecule has 3 atom stereocenters. The number of hydrogen-bond acceptors (Lipinski definition) is 5. The first-order valence-electron chi connectivity index (χ1n) is 8.59. The molecule has 2 aliphatic rings. The fourth-order valence-corrected chi connectivity index (χ4v) is 3.62. The molecule has 2 heterocycles. The second kappa shape index (κ2) is 7.23. The number of halogens is 3. The molecule has 1 saturated heterocycles. The van der Waals surface area contributed by atoms with Gasteiger partial charge in [0.25, 0.3) is 0 Å². The number of piperidine rings is 1. The standard InChI is InChI=1S/C16H24F3N5/c17-16(18,19)14-8-22-15(9-21-14)24-7-3-4-11(10-24)23-13-6-2-1-5-12(13)20/h8-9,11-13,23H,1-7,10,20H2. The van der Waals surface area contributed by atoms with E-state index in [0.717, 1.165) is 45.0 Å². The number of nitrogens with two attached hydrogens (primary N) is 1.